The molecule has 2 heterocycles. The van der Waals surface area contributed by atoms with E-state index in [9.17, 15) is 0 Å². The first-order chi connectivity index (χ1) is 10.2. The maximum absolute atomic E-state index is 4.64. The van der Waals surface area contributed by atoms with Crippen molar-refractivity contribution in [2.75, 3.05) is 7.05 Å². The highest BCUT2D eigenvalue weighted by Gasteiger charge is 2.11. The van der Waals surface area contributed by atoms with Crippen molar-refractivity contribution in [3.8, 4) is 5.82 Å². The molecule has 0 saturated carbocycles. The lowest BCUT2D eigenvalue weighted by molar-refractivity contribution is 0.759. The predicted molar refractivity (Wildman–Crippen MR) is 85.7 cm³/mol. The Morgan fingerprint density at radius 3 is 2.57 bits per heavy atom. The number of fused-ring (bicyclic) bond motifs is 1. The highest BCUT2D eigenvalue weighted by Crippen LogP contribution is 2.24. The van der Waals surface area contributed by atoms with Crippen molar-refractivity contribution >= 4 is 10.8 Å². The van der Waals surface area contributed by atoms with E-state index in [0.717, 1.165) is 23.4 Å². The Hall–Kier alpha value is -2.20. The fraction of sp³-hybridized carbons (Fsp3) is 0.294. The standard InChI is InChI=1S/C17H20N4/c1-12(2)16-8-9-21(20-16)17-15-7-5-4-6-14(15)13(10-18-3)11-19-17/h4-9,11-12,18H,10H2,1-3H3. The van der Waals surface area contributed by atoms with Crippen LogP contribution in [0.15, 0.2) is 42.7 Å². The lowest BCUT2D eigenvalue weighted by atomic mass is 10.1. The Balaban J connectivity index is 2.16. The molecule has 0 fully saturated rings. The Morgan fingerprint density at radius 1 is 1.14 bits per heavy atom. The molecule has 0 amide bonds. The summed E-state index contributed by atoms with van der Waals surface area (Å²) < 4.78 is 1.88. The number of benzene rings is 1. The van der Waals surface area contributed by atoms with E-state index < -0.39 is 0 Å². The van der Waals surface area contributed by atoms with Crippen LogP contribution in [0, 0.1) is 0 Å². The van der Waals surface area contributed by atoms with Gasteiger partial charge >= 0.3 is 0 Å². The quantitative estimate of drug-likeness (QED) is 0.797. The summed E-state index contributed by atoms with van der Waals surface area (Å²) >= 11 is 0. The molecule has 108 valence electrons. The van der Waals surface area contributed by atoms with Gasteiger partial charge in [0.1, 0.15) is 0 Å². The molecule has 2 aromatic heterocycles. The van der Waals surface area contributed by atoms with Crippen LogP contribution in [0.4, 0.5) is 0 Å². The molecule has 3 aromatic rings. The van der Waals surface area contributed by atoms with Gasteiger partial charge in [0.2, 0.25) is 0 Å². The molecular weight excluding hydrogens is 260 g/mol. The molecule has 0 aliphatic rings. The van der Waals surface area contributed by atoms with E-state index in [1.165, 1.54) is 10.9 Å². The van der Waals surface area contributed by atoms with Crippen LogP contribution < -0.4 is 5.32 Å². The van der Waals surface area contributed by atoms with Crippen molar-refractivity contribution in [2.24, 2.45) is 0 Å². The number of nitrogens with zero attached hydrogens (tertiary/aromatic N) is 3. The minimum atomic E-state index is 0.418. The van der Waals surface area contributed by atoms with E-state index in [4.69, 9.17) is 0 Å². The second-order valence-electron chi connectivity index (χ2n) is 5.52. The van der Waals surface area contributed by atoms with Gasteiger partial charge in [0, 0.05) is 24.3 Å². The number of hydrogen-bond donors (Lipinski definition) is 1. The molecule has 0 aliphatic carbocycles. The number of nitrogens with one attached hydrogen (secondary N) is 1. The van der Waals surface area contributed by atoms with E-state index in [2.05, 4.69) is 53.5 Å². The Kier molecular flexibility index (Phi) is 3.71. The van der Waals surface area contributed by atoms with Crippen molar-refractivity contribution in [1.29, 1.82) is 0 Å². The molecule has 0 atom stereocenters. The summed E-state index contributed by atoms with van der Waals surface area (Å²) in [6.07, 6.45) is 3.92. The van der Waals surface area contributed by atoms with Crippen molar-refractivity contribution < 1.29 is 0 Å². The van der Waals surface area contributed by atoms with E-state index in [0.29, 0.717) is 5.92 Å². The number of hydrogen-bond acceptors (Lipinski definition) is 3. The normalized spacial score (nSPS) is 11.4. The molecule has 0 bridgehead atoms. The molecule has 1 N–H and O–H groups in total. The van der Waals surface area contributed by atoms with Gasteiger partial charge in [-0.25, -0.2) is 9.67 Å². The third-order valence-electron chi connectivity index (χ3n) is 3.64. The third kappa shape index (κ3) is 2.54. The Bertz CT molecular complexity index is 758. The summed E-state index contributed by atoms with van der Waals surface area (Å²) in [5, 5.41) is 10.2. The number of rotatable bonds is 4. The van der Waals surface area contributed by atoms with E-state index in [1.807, 2.05) is 30.2 Å². The van der Waals surface area contributed by atoms with Crippen LogP contribution in [0.5, 0.6) is 0 Å². The molecule has 3 rings (SSSR count). The van der Waals surface area contributed by atoms with Crippen molar-refractivity contribution in [1.82, 2.24) is 20.1 Å². The van der Waals surface area contributed by atoms with Crippen LogP contribution in [-0.2, 0) is 6.54 Å². The van der Waals surface area contributed by atoms with E-state index >= 15 is 0 Å². The fourth-order valence-corrected chi connectivity index (χ4v) is 2.51. The lowest BCUT2D eigenvalue weighted by Crippen LogP contribution is -2.08. The second kappa shape index (κ2) is 5.66. The van der Waals surface area contributed by atoms with Crippen LogP contribution >= 0.6 is 0 Å². The number of pyridine rings is 1. The topological polar surface area (TPSA) is 42.7 Å². The Labute approximate surface area is 124 Å². The van der Waals surface area contributed by atoms with Crippen LogP contribution in [0.1, 0.15) is 31.0 Å². The summed E-state index contributed by atoms with van der Waals surface area (Å²) in [4.78, 5) is 4.63. The number of aromatic nitrogens is 3. The van der Waals surface area contributed by atoms with Gasteiger partial charge in [0.05, 0.1) is 5.69 Å². The summed E-state index contributed by atoms with van der Waals surface area (Å²) in [5.74, 6) is 1.30. The molecule has 0 radical (unpaired) electrons. The predicted octanol–water partition coefficient (Wildman–Crippen LogP) is 3.26. The largest absolute Gasteiger partial charge is 0.316 e. The first-order valence-electron chi connectivity index (χ1n) is 7.28. The third-order valence-corrected chi connectivity index (χ3v) is 3.64. The lowest BCUT2D eigenvalue weighted by Gasteiger charge is -2.10. The molecule has 0 spiro atoms. The van der Waals surface area contributed by atoms with Crippen molar-refractivity contribution in [2.45, 2.75) is 26.3 Å². The summed E-state index contributed by atoms with van der Waals surface area (Å²) in [6, 6.07) is 10.4. The summed E-state index contributed by atoms with van der Waals surface area (Å²) in [5.41, 5.74) is 2.29. The zero-order valence-corrected chi connectivity index (χ0v) is 12.7. The average Bonchev–Trinajstić information content (AvgIpc) is 2.98. The zero-order chi connectivity index (χ0) is 14.8. The minimum Gasteiger partial charge on any atom is -0.316 e. The van der Waals surface area contributed by atoms with Crippen molar-refractivity contribution in [3.63, 3.8) is 0 Å². The SMILES string of the molecule is CNCc1cnc(-n2ccc(C(C)C)n2)c2ccccc12. The maximum Gasteiger partial charge on any atom is 0.161 e. The summed E-state index contributed by atoms with van der Waals surface area (Å²) in [6.45, 7) is 5.10. The van der Waals surface area contributed by atoms with Crippen LogP contribution in [-0.4, -0.2) is 21.8 Å². The van der Waals surface area contributed by atoms with Gasteiger partial charge in [-0.2, -0.15) is 5.10 Å². The smallest absolute Gasteiger partial charge is 0.161 e. The molecule has 1 aromatic carbocycles. The molecule has 4 nitrogen and oxygen atoms in total. The van der Waals surface area contributed by atoms with Gasteiger partial charge in [-0.05, 0) is 30.0 Å². The monoisotopic (exact) mass is 280 g/mol. The minimum absolute atomic E-state index is 0.418. The van der Waals surface area contributed by atoms with Crippen molar-refractivity contribution in [3.05, 3.63) is 54.0 Å². The fourth-order valence-electron chi connectivity index (χ4n) is 2.51. The molecule has 0 aliphatic heterocycles. The zero-order valence-electron chi connectivity index (χ0n) is 12.7. The first kappa shape index (κ1) is 13.8. The molecule has 4 heteroatoms. The highest BCUT2D eigenvalue weighted by molar-refractivity contribution is 5.90. The van der Waals surface area contributed by atoms with Crippen LogP contribution in [0.2, 0.25) is 0 Å². The van der Waals surface area contributed by atoms with Crippen LogP contribution in [0.3, 0.4) is 0 Å². The van der Waals surface area contributed by atoms with Gasteiger partial charge in [-0.1, -0.05) is 38.1 Å². The maximum atomic E-state index is 4.64. The average molecular weight is 280 g/mol. The molecule has 0 saturated heterocycles. The summed E-state index contributed by atoms with van der Waals surface area (Å²) in [7, 11) is 1.95. The van der Waals surface area contributed by atoms with E-state index in [-0.39, 0.29) is 0 Å². The molecular formula is C17H20N4. The van der Waals surface area contributed by atoms with Crippen LogP contribution in [0.25, 0.3) is 16.6 Å². The van der Waals surface area contributed by atoms with Gasteiger partial charge < -0.3 is 5.32 Å². The first-order valence-corrected chi connectivity index (χ1v) is 7.28. The highest BCUT2D eigenvalue weighted by atomic mass is 15.3. The molecule has 21 heavy (non-hydrogen) atoms. The van der Waals surface area contributed by atoms with Gasteiger partial charge in [0.15, 0.2) is 5.82 Å². The Morgan fingerprint density at radius 2 is 1.90 bits per heavy atom. The van der Waals surface area contributed by atoms with Gasteiger partial charge in [-0.3, -0.25) is 0 Å². The molecule has 0 unspecified atom stereocenters. The van der Waals surface area contributed by atoms with Gasteiger partial charge in [0.25, 0.3) is 0 Å². The van der Waals surface area contributed by atoms with E-state index in [1.54, 1.807) is 0 Å². The second-order valence-corrected chi connectivity index (χ2v) is 5.52. The van der Waals surface area contributed by atoms with Gasteiger partial charge in [-0.15, -0.1) is 0 Å².